The smallest absolute Gasteiger partial charge is 0.242 e. The van der Waals surface area contributed by atoms with Gasteiger partial charge in [-0.15, -0.1) is 0 Å². The zero-order chi connectivity index (χ0) is 15.0. The molecule has 1 aromatic rings. The minimum absolute atomic E-state index is 0.000983. The number of rotatable bonds is 4. The number of nitrogens with two attached hydrogens (primary N) is 1. The van der Waals surface area contributed by atoms with Crippen molar-refractivity contribution >= 4 is 38.9 Å². The Morgan fingerprint density at radius 1 is 1.37 bits per heavy atom. The zero-order valence-corrected chi connectivity index (χ0v) is 13.1. The molecule has 8 heteroatoms. The van der Waals surface area contributed by atoms with Crippen LogP contribution in [-0.2, 0) is 10.0 Å². The second-order valence-electron chi connectivity index (χ2n) is 4.78. The molecule has 1 unspecified atom stereocenters. The number of hydrogen-bond donors (Lipinski definition) is 3. The fourth-order valence-electron chi connectivity index (χ4n) is 1.24. The predicted molar refractivity (Wildman–Crippen MR) is 77.0 cm³/mol. The van der Waals surface area contributed by atoms with Crippen LogP contribution in [0, 0.1) is 0 Å². The topological polar surface area (TPSA) is 92.4 Å². The van der Waals surface area contributed by atoms with Gasteiger partial charge in [-0.1, -0.05) is 23.2 Å². The van der Waals surface area contributed by atoms with Gasteiger partial charge in [-0.05, 0) is 32.9 Å². The molecule has 0 bridgehead atoms. The Kier molecular flexibility index (Phi) is 4.75. The third kappa shape index (κ3) is 3.52. The summed E-state index contributed by atoms with van der Waals surface area (Å²) < 4.78 is 26.8. The fraction of sp³-hybridized carbons (Fsp3) is 0.455. The van der Waals surface area contributed by atoms with E-state index >= 15 is 0 Å². The molecule has 1 rings (SSSR count). The largest absolute Gasteiger partial charge is 0.396 e. The highest BCUT2D eigenvalue weighted by molar-refractivity contribution is 7.89. The Balaban J connectivity index is 3.27. The molecule has 0 radical (unpaired) electrons. The second kappa shape index (κ2) is 5.46. The fourth-order valence-corrected chi connectivity index (χ4v) is 3.49. The molecule has 0 saturated carbocycles. The van der Waals surface area contributed by atoms with Crippen molar-refractivity contribution in [2.75, 3.05) is 5.73 Å². The maximum atomic E-state index is 12.2. The van der Waals surface area contributed by atoms with Crippen LogP contribution in [0.15, 0.2) is 17.0 Å². The van der Waals surface area contributed by atoms with Crippen molar-refractivity contribution in [2.45, 2.75) is 37.3 Å². The van der Waals surface area contributed by atoms with Crippen LogP contribution in [0.25, 0.3) is 0 Å². The Morgan fingerprint density at radius 2 is 1.89 bits per heavy atom. The number of nitrogen functional groups attached to an aromatic ring is 1. The van der Waals surface area contributed by atoms with Crippen LogP contribution in [0.5, 0.6) is 0 Å². The van der Waals surface area contributed by atoms with E-state index in [0.717, 1.165) is 0 Å². The van der Waals surface area contributed by atoms with E-state index in [2.05, 4.69) is 4.72 Å². The summed E-state index contributed by atoms with van der Waals surface area (Å²) in [6.45, 7) is 4.60. The van der Waals surface area contributed by atoms with Crippen molar-refractivity contribution < 1.29 is 13.5 Å². The SMILES string of the molecule is CC(O)C(C)(C)NS(=O)(=O)c1ccc(Cl)c(N)c1Cl. The number of benzene rings is 1. The number of aliphatic hydroxyl groups is 1. The summed E-state index contributed by atoms with van der Waals surface area (Å²) in [6.07, 6.45) is -0.884. The first-order chi connectivity index (χ1) is 8.49. The molecule has 0 saturated heterocycles. The molecular formula is C11H16Cl2N2O3S. The van der Waals surface area contributed by atoms with Crippen molar-refractivity contribution in [1.82, 2.24) is 4.72 Å². The normalized spacial score (nSPS) is 14.4. The van der Waals surface area contributed by atoms with Gasteiger partial charge in [-0.2, -0.15) is 0 Å². The third-order valence-electron chi connectivity index (χ3n) is 2.82. The van der Waals surface area contributed by atoms with E-state index in [1.807, 2.05) is 0 Å². The molecule has 0 fully saturated rings. The lowest BCUT2D eigenvalue weighted by molar-refractivity contribution is 0.111. The summed E-state index contributed by atoms with van der Waals surface area (Å²) in [5, 5.41) is 9.59. The molecule has 19 heavy (non-hydrogen) atoms. The molecule has 0 spiro atoms. The summed E-state index contributed by atoms with van der Waals surface area (Å²) >= 11 is 11.7. The molecule has 108 valence electrons. The van der Waals surface area contributed by atoms with Crippen molar-refractivity contribution in [2.24, 2.45) is 0 Å². The highest BCUT2D eigenvalue weighted by atomic mass is 35.5. The van der Waals surface area contributed by atoms with Crippen molar-refractivity contribution in [3.8, 4) is 0 Å². The van der Waals surface area contributed by atoms with Crippen molar-refractivity contribution in [1.29, 1.82) is 0 Å². The van der Waals surface area contributed by atoms with Crippen LogP contribution in [0.4, 0.5) is 5.69 Å². The number of anilines is 1. The predicted octanol–water partition coefficient (Wildman–Crippen LogP) is 2.01. The van der Waals surface area contributed by atoms with Gasteiger partial charge in [-0.3, -0.25) is 0 Å². The molecule has 0 amide bonds. The highest BCUT2D eigenvalue weighted by Crippen LogP contribution is 2.33. The van der Waals surface area contributed by atoms with Gasteiger partial charge in [0, 0.05) is 0 Å². The van der Waals surface area contributed by atoms with Crippen molar-refractivity contribution in [3.05, 3.63) is 22.2 Å². The standard InChI is InChI=1S/C11H16Cl2N2O3S/c1-6(16)11(2,3)15-19(17,18)8-5-4-7(12)10(14)9(8)13/h4-6,15-16H,14H2,1-3H3. The second-order valence-corrected chi connectivity index (χ2v) is 7.21. The molecule has 0 aromatic heterocycles. The van der Waals surface area contributed by atoms with Gasteiger partial charge in [0.25, 0.3) is 0 Å². The number of sulfonamides is 1. The van der Waals surface area contributed by atoms with E-state index in [-0.39, 0.29) is 20.6 Å². The zero-order valence-electron chi connectivity index (χ0n) is 10.7. The highest BCUT2D eigenvalue weighted by Gasteiger charge is 2.32. The van der Waals surface area contributed by atoms with E-state index < -0.39 is 21.7 Å². The summed E-state index contributed by atoms with van der Waals surface area (Å²) in [5.74, 6) is 0. The number of hydrogen-bond acceptors (Lipinski definition) is 4. The summed E-state index contributed by atoms with van der Waals surface area (Å²) in [5.41, 5.74) is 4.55. The van der Waals surface area contributed by atoms with Gasteiger partial charge in [0.1, 0.15) is 4.90 Å². The first-order valence-corrected chi connectivity index (χ1v) is 7.68. The Bertz CT molecular complexity index is 586. The van der Waals surface area contributed by atoms with Gasteiger partial charge in [0.15, 0.2) is 0 Å². The van der Waals surface area contributed by atoms with Crippen LogP contribution >= 0.6 is 23.2 Å². The van der Waals surface area contributed by atoms with Crippen LogP contribution in [-0.4, -0.2) is 25.2 Å². The minimum Gasteiger partial charge on any atom is -0.396 e. The summed E-state index contributed by atoms with van der Waals surface area (Å²) in [6, 6.07) is 2.62. The number of aliphatic hydroxyl groups excluding tert-OH is 1. The molecule has 4 N–H and O–H groups in total. The van der Waals surface area contributed by atoms with Gasteiger partial charge in [0.2, 0.25) is 10.0 Å². The summed E-state index contributed by atoms with van der Waals surface area (Å²) in [4.78, 5) is -0.176. The lowest BCUT2D eigenvalue weighted by Crippen LogP contribution is -2.50. The van der Waals surface area contributed by atoms with E-state index in [9.17, 15) is 13.5 Å². The van der Waals surface area contributed by atoms with E-state index in [4.69, 9.17) is 28.9 Å². The first kappa shape index (κ1) is 16.5. The summed E-state index contributed by atoms with van der Waals surface area (Å²) in [7, 11) is -3.91. The van der Waals surface area contributed by atoms with Crippen LogP contribution in [0.3, 0.4) is 0 Å². The molecule has 0 heterocycles. The van der Waals surface area contributed by atoms with Crippen molar-refractivity contribution in [3.63, 3.8) is 0 Å². The Hall–Kier alpha value is -0.530. The molecule has 1 atom stereocenters. The molecule has 0 aliphatic heterocycles. The van der Waals surface area contributed by atoms with Crippen LogP contribution in [0.1, 0.15) is 20.8 Å². The van der Waals surface area contributed by atoms with Gasteiger partial charge in [0.05, 0.1) is 27.4 Å². The number of halogens is 2. The third-order valence-corrected chi connectivity index (χ3v) is 5.39. The van der Waals surface area contributed by atoms with Gasteiger partial charge in [-0.25, -0.2) is 13.1 Å². The average molecular weight is 327 g/mol. The number of nitrogens with one attached hydrogen (secondary N) is 1. The monoisotopic (exact) mass is 326 g/mol. The Labute approximate surface area is 122 Å². The maximum absolute atomic E-state index is 12.2. The van der Waals surface area contributed by atoms with E-state index in [0.29, 0.717) is 0 Å². The van der Waals surface area contributed by atoms with Crippen LogP contribution in [0.2, 0.25) is 10.0 Å². The molecule has 0 aliphatic carbocycles. The van der Waals surface area contributed by atoms with Gasteiger partial charge < -0.3 is 10.8 Å². The average Bonchev–Trinajstić information content (AvgIpc) is 2.23. The molecule has 0 aliphatic rings. The lowest BCUT2D eigenvalue weighted by Gasteiger charge is -2.29. The molecule has 5 nitrogen and oxygen atoms in total. The van der Waals surface area contributed by atoms with Crippen LogP contribution < -0.4 is 10.5 Å². The molecule has 1 aromatic carbocycles. The van der Waals surface area contributed by atoms with Gasteiger partial charge >= 0.3 is 0 Å². The van der Waals surface area contributed by atoms with E-state index in [1.54, 1.807) is 13.8 Å². The quantitative estimate of drug-likeness (QED) is 0.738. The lowest BCUT2D eigenvalue weighted by atomic mass is 10.0. The Morgan fingerprint density at radius 3 is 2.37 bits per heavy atom. The minimum atomic E-state index is -3.91. The molecular weight excluding hydrogens is 311 g/mol. The van der Waals surface area contributed by atoms with E-state index in [1.165, 1.54) is 19.1 Å². The first-order valence-electron chi connectivity index (χ1n) is 5.44. The maximum Gasteiger partial charge on any atom is 0.242 e.